The van der Waals surface area contributed by atoms with Crippen LogP contribution in [0.15, 0.2) is 0 Å². The first-order valence-corrected chi connectivity index (χ1v) is 12.1. The van der Waals surface area contributed by atoms with E-state index in [-0.39, 0.29) is 30.2 Å². The summed E-state index contributed by atoms with van der Waals surface area (Å²) < 4.78 is 10.5. The van der Waals surface area contributed by atoms with Gasteiger partial charge >= 0.3 is 11.9 Å². The molecule has 0 heterocycles. The van der Waals surface area contributed by atoms with Crippen LogP contribution in [0.2, 0.25) is 0 Å². The second kappa shape index (κ2) is 17.8. The number of carbonyl (C=O) groups excluding carboxylic acids is 2. The first kappa shape index (κ1) is 27.9. The minimum Gasteiger partial charge on any atom is -0.466 e. The highest BCUT2D eigenvalue weighted by Gasteiger charge is 2.17. The van der Waals surface area contributed by atoms with Gasteiger partial charge in [0.2, 0.25) is 0 Å². The average molecular weight is 413 g/mol. The van der Waals surface area contributed by atoms with Crippen LogP contribution in [0.3, 0.4) is 0 Å². The van der Waals surface area contributed by atoms with E-state index in [0.29, 0.717) is 19.1 Å². The van der Waals surface area contributed by atoms with E-state index < -0.39 is 0 Å². The molecule has 0 spiro atoms. The van der Waals surface area contributed by atoms with Gasteiger partial charge in [0.1, 0.15) is 0 Å². The maximum atomic E-state index is 11.8. The fourth-order valence-electron chi connectivity index (χ4n) is 3.64. The van der Waals surface area contributed by atoms with Crippen molar-refractivity contribution in [1.82, 2.24) is 0 Å². The minimum absolute atomic E-state index is 0.110. The molecule has 172 valence electrons. The van der Waals surface area contributed by atoms with Gasteiger partial charge in [-0.1, -0.05) is 98.8 Å². The van der Waals surface area contributed by atoms with Gasteiger partial charge in [-0.25, -0.2) is 0 Å². The van der Waals surface area contributed by atoms with Crippen molar-refractivity contribution in [2.45, 2.75) is 125 Å². The molecule has 0 aliphatic rings. The van der Waals surface area contributed by atoms with Crippen LogP contribution in [0.1, 0.15) is 125 Å². The van der Waals surface area contributed by atoms with Gasteiger partial charge in [0.15, 0.2) is 0 Å². The first-order valence-electron chi connectivity index (χ1n) is 12.1. The summed E-state index contributed by atoms with van der Waals surface area (Å²) in [6.07, 6.45) is 15.2. The van der Waals surface area contributed by atoms with Gasteiger partial charge in [-0.2, -0.15) is 0 Å². The molecule has 0 bridgehead atoms. The lowest BCUT2D eigenvalue weighted by Crippen LogP contribution is -2.18. The lowest BCUT2D eigenvalue weighted by molar-refractivity contribution is -0.151. The van der Waals surface area contributed by atoms with E-state index in [4.69, 9.17) is 9.47 Å². The lowest BCUT2D eigenvalue weighted by Gasteiger charge is -2.22. The fourth-order valence-corrected chi connectivity index (χ4v) is 3.64. The van der Waals surface area contributed by atoms with Crippen LogP contribution in [-0.2, 0) is 19.1 Å². The summed E-state index contributed by atoms with van der Waals surface area (Å²) in [5.74, 6) is -0.277. The molecule has 29 heavy (non-hydrogen) atoms. The van der Waals surface area contributed by atoms with Crippen LogP contribution in [0, 0.1) is 11.3 Å². The molecule has 0 saturated carbocycles. The van der Waals surface area contributed by atoms with Crippen molar-refractivity contribution in [3.8, 4) is 0 Å². The topological polar surface area (TPSA) is 52.6 Å². The molecule has 4 heteroatoms. The smallest absolute Gasteiger partial charge is 0.306 e. The zero-order valence-corrected chi connectivity index (χ0v) is 20.0. The van der Waals surface area contributed by atoms with Crippen LogP contribution in [-0.4, -0.2) is 25.2 Å². The maximum absolute atomic E-state index is 11.8. The van der Waals surface area contributed by atoms with E-state index in [1.807, 2.05) is 0 Å². The maximum Gasteiger partial charge on any atom is 0.306 e. The second-order valence-corrected chi connectivity index (χ2v) is 9.81. The quantitative estimate of drug-likeness (QED) is 0.176. The average Bonchev–Trinajstić information content (AvgIpc) is 2.64. The van der Waals surface area contributed by atoms with Crippen molar-refractivity contribution in [3.05, 3.63) is 0 Å². The van der Waals surface area contributed by atoms with Crippen molar-refractivity contribution in [2.75, 3.05) is 13.2 Å². The molecule has 1 atom stereocenters. The van der Waals surface area contributed by atoms with Gasteiger partial charge in [-0.3, -0.25) is 9.59 Å². The molecule has 0 rings (SSSR count). The minimum atomic E-state index is -0.308. The van der Waals surface area contributed by atoms with Gasteiger partial charge in [-0.15, -0.1) is 0 Å². The molecule has 0 amide bonds. The van der Waals surface area contributed by atoms with Crippen molar-refractivity contribution >= 4 is 11.9 Å². The molecule has 0 aliphatic heterocycles. The Balaban J connectivity index is 3.46. The zero-order valence-electron chi connectivity index (χ0n) is 20.0. The zero-order chi connectivity index (χ0) is 22.0. The lowest BCUT2D eigenvalue weighted by atomic mass is 9.86. The Labute approximate surface area is 180 Å². The Hall–Kier alpha value is -1.06. The number of ether oxygens (including phenoxy) is 2. The Morgan fingerprint density at radius 3 is 1.66 bits per heavy atom. The summed E-state index contributed by atoms with van der Waals surface area (Å²) in [6, 6.07) is 0. The predicted octanol–water partition coefficient (Wildman–Crippen LogP) is 7.24. The third-order valence-corrected chi connectivity index (χ3v) is 5.03. The first-order chi connectivity index (χ1) is 13.7. The molecule has 1 unspecified atom stereocenters. The molecule has 0 radical (unpaired) electrons. The van der Waals surface area contributed by atoms with E-state index in [1.165, 1.54) is 57.8 Å². The van der Waals surface area contributed by atoms with Gasteiger partial charge in [0.05, 0.1) is 26.1 Å². The van der Waals surface area contributed by atoms with Crippen LogP contribution >= 0.6 is 0 Å². The normalized spacial score (nSPS) is 12.6. The molecule has 4 nitrogen and oxygen atoms in total. The highest BCUT2D eigenvalue weighted by atomic mass is 16.5. The summed E-state index contributed by atoms with van der Waals surface area (Å²) in [7, 11) is 0. The highest BCUT2D eigenvalue weighted by molar-refractivity contribution is 5.77. The molecular formula is C25H48O4. The van der Waals surface area contributed by atoms with Crippen LogP contribution < -0.4 is 0 Å². The molecule has 0 aromatic rings. The standard InChI is InChI=1S/C25H48O4/c1-6-7-8-9-10-11-12-13-14-15-16-19-28-23(26)17-18-24(27)29-21-22(2)20-25(3,4)5/h22H,6-21H2,1-5H3. The van der Waals surface area contributed by atoms with Crippen LogP contribution in [0.25, 0.3) is 0 Å². The molecule has 0 N–H and O–H groups in total. The van der Waals surface area contributed by atoms with Gasteiger partial charge in [-0.05, 0) is 24.2 Å². The SMILES string of the molecule is CCCCCCCCCCCCCOC(=O)CCC(=O)OCC(C)CC(C)(C)C. The van der Waals surface area contributed by atoms with Gasteiger partial charge in [0, 0.05) is 0 Å². The van der Waals surface area contributed by atoms with Gasteiger partial charge in [0.25, 0.3) is 0 Å². The summed E-state index contributed by atoms with van der Waals surface area (Å²) in [6.45, 7) is 11.8. The van der Waals surface area contributed by atoms with Crippen molar-refractivity contribution in [2.24, 2.45) is 11.3 Å². The number of unbranched alkanes of at least 4 members (excludes halogenated alkanes) is 10. The third kappa shape index (κ3) is 21.5. The van der Waals surface area contributed by atoms with E-state index >= 15 is 0 Å². The van der Waals surface area contributed by atoms with Crippen LogP contribution in [0.5, 0.6) is 0 Å². The molecule has 0 aliphatic carbocycles. The van der Waals surface area contributed by atoms with E-state index in [0.717, 1.165) is 19.3 Å². The monoisotopic (exact) mass is 412 g/mol. The van der Waals surface area contributed by atoms with E-state index in [1.54, 1.807) is 0 Å². The summed E-state index contributed by atoms with van der Waals surface area (Å²) >= 11 is 0. The molecule has 0 fully saturated rings. The number of hydrogen-bond donors (Lipinski definition) is 0. The summed E-state index contributed by atoms with van der Waals surface area (Å²) in [5, 5.41) is 0. The van der Waals surface area contributed by atoms with E-state index in [2.05, 4.69) is 34.6 Å². The number of carbonyl (C=O) groups is 2. The molecule has 0 aromatic carbocycles. The largest absolute Gasteiger partial charge is 0.466 e. The number of hydrogen-bond acceptors (Lipinski definition) is 4. The van der Waals surface area contributed by atoms with Gasteiger partial charge < -0.3 is 9.47 Å². The van der Waals surface area contributed by atoms with Crippen molar-refractivity contribution in [3.63, 3.8) is 0 Å². The Kier molecular flexibility index (Phi) is 17.1. The summed E-state index contributed by atoms with van der Waals surface area (Å²) in [5.41, 5.74) is 0.226. The number of esters is 2. The highest BCUT2D eigenvalue weighted by Crippen LogP contribution is 2.24. The predicted molar refractivity (Wildman–Crippen MR) is 121 cm³/mol. The van der Waals surface area contributed by atoms with E-state index in [9.17, 15) is 9.59 Å². The summed E-state index contributed by atoms with van der Waals surface area (Å²) in [4.78, 5) is 23.5. The molecule has 0 aromatic heterocycles. The third-order valence-electron chi connectivity index (χ3n) is 5.03. The Morgan fingerprint density at radius 1 is 0.724 bits per heavy atom. The Morgan fingerprint density at radius 2 is 1.17 bits per heavy atom. The van der Waals surface area contributed by atoms with Crippen molar-refractivity contribution in [1.29, 1.82) is 0 Å². The molecule has 0 saturated heterocycles. The Bertz CT molecular complexity index is 412. The fraction of sp³-hybridized carbons (Fsp3) is 0.920. The van der Waals surface area contributed by atoms with Crippen LogP contribution in [0.4, 0.5) is 0 Å². The number of rotatable bonds is 18. The second-order valence-electron chi connectivity index (χ2n) is 9.81. The molecular weight excluding hydrogens is 364 g/mol. The van der Waals surface area contributed by atoms with Crippen molar-refractivity contribution < 1.29 is 19.1 Å².